The predicted octanol–water partition coefficient (Wildman–Crippen LogP) is 4.88. The van der Waals surface area contributed by atoms with Crippen LogP contribution in [-0.4, -0.2) is 6.61 Å². The fraction of sp³-hybridized carbons (Fsp3) is 0.438. The van der Waals surface area contributed by atoms with Gasteiger partial charge < -0.3 is 4.74 Å². The maximum atomic E-state index is 11.6. The molecule has 4 heteroatoms. The van der Waals surface area contributed by atoms with Gasteiger partial charge in [0.1, 0.15) is 5.75 Å². The van der Waals surface area contributed by atoms with Crippen LogP contribution in [0, 0.1) is 19.8 Å². The van der Waals surface area contributed by atoms with Gasteiger partial charge in [0.05, 0.1) is 11.5 Å². The summed E-state index contributed by atoms with van der Waals surface area (Å²) < 4.78 is 6.08. The van der Waals surface area contributed by atoms with Crippen LogP contribution in [0.2, 0.25) is 0 Å². The lowest BCUT2D eigenvalue weighted by molar-refractivity contribution is 0.290. The van der Waals surface area contributed by atoms with Gasteiger partial charge in [-0.05, 0) is 38.3 Å². The van der Waals surface area contributed by atoms with E-state index in [4.69, 9.17) is 4.74 Å². The van der Waals surface area contributed by atoms with Crippen molar-refractivity contribution >= 4 is 22.7 Å². The molecule has 0 atom stereocenters. The highest BCUT2D eigenvalue weighted by atomic mass is 32.2. The fourth-order valence-electron chi connectivity index (χ4n) is 1.94. The highest BCUT2D eigenvalue weighted by Crippen LogP contribution is 2.36. The van der Waals surface area contributed by atoms with Gasteiger partial charge in [-0.15, -0.1) is 0 Å². The molecular formula is C16H20O2S2. The summed E-state index contributed by atoms with van der Waals surface area (Å²) in [6, 6.07) is 6.17. The Morgan fingerprint density at radius 3 is 2.55 bits per heavy atom. The van der Waals surface area contributed by atoms with E-state index in [-0.39, 0.29) is 4.06 Å². The number of aryl methyl sites for hydroxylation is 2. The first-order chi connectivity index (χ1) is 9.47. The molecule has 2 rings (SSSR count). The predicted molar refractivity (Wildman–Crippen MR) is 88.3 cm³/mol. The number of rotatable bonds is 5. The second kappa shape index (κ2) is 6.55. The minimum atomic E-state index is 0.145. The van der Waals surface area contributed by atoms with Crippen molar-refractivity contribution in [1.29, 1.82) is 0 Å². The van der Waals surface area contributed by atoms with Crippen molar-refractivity contribution in [1.82, 2.24) is 0 Å². The third-order valence-electron chi connectivity index (χ3n) is 3.07. The summed E-state index contributed by atoms with van der Waals surface area (Å²) in [6.45, 7) is 9.15. The maximum absolute atomic E-state index is 11.6. The molecule has 0 saturated heterocycles. The van der Waals surface area contributed by atoms with Gasteiger partial charge in [0.15, 0.2) is 0 Å². The average molecular weight is 308 g/mol. The zero-order valence-corrected chi connectivity index (χ0v) is 14.0. The van der Waals surface area contributed by atoms with Crippen molar-refractivity contribution < 1.29 is 4.74 Å². The molecule has 0 aliphatic rings. The van der Waals surface area contributed by atoms with E-state index in [0.29, 0.717) is 12.5 Å². The van der Waals surface area contributed by atoms with Crippen LogP contribution in [-0.2, 0) is 0 Å². The minimum absolute atomic E-state index is 0.145. The Morgan fingerprint density at radius 1 is 1.20 bits per heavy atom. The van der Waals surface area contributed by atoms with Crippen LogP contribution in [0.3, 0.4) is 0 Å². The topological polar surface area (TPSA) is 26.3 Å². The van der Waals surface area contributed by atoms with Gasteiger partial charge in [-0.25, -0.2) is 0 Å². The maximum Gasteiger partial charge on any atom is 0.288 e. The molecule has 0 fully saturated rings. The van der Waals surface area contributed by atoms with E-state index >= 15 is 0 Å². The Hall–Kier alpha value is -1.13. The van der Waals surface area contributed by atoms with Gasteiger partial charge in [0.25, 0.3) is 4.06 Å². The molecule has 0 amide bonds. The van der Waals surface area contributed by atoms with Gasteiger partial charge in [0, 0.05) is 10.4 Å². The second-order valence-corrected chi connectivity index (χ2v) is 7.80. The summed E-state index contributed by atoms with van der Waals surface area (Å²) in [4.78, 5) is 13.7. The zero-order valence-electron chi connectivity index (χ0n) is 12.4. The molecule has 0 N–H and O–H groups in total. The van der Waals surface area contributed by atoms with Crippen molar-refractivity contribution in [3.8, 4) is 16.2 Å². The fourth-order valence-corrected chi connectivity index (χ4v) is 4.02. The van der Waals surface area contributed by atoms with Gasteiger partial charge in [-0.1, -0.05) is 48.2 Å². The lowest BCUT2D eigenvalue weighted by atomic mass is 10.1. The summed E-state index contributed by atoms with van der Waals surface area (Å²) in [7, 11) is 0. The lowest BCUT2D eigenvalue weighted by Crippen LogP contribution is -2.02. The number of benzene rings is 1. The van der Waals surface area contributed by atoms with Gasteiger partial charge in [-0.3, -0.25) is 4.79 Å². The molecule has 0 aliphatic heterocycles. The Balaban J connectivity index is 2.33. The SMILES string of the molecule is Cc1ccc(OCCC(C)C)c(-c2sc(=O)sc2C)c1. The van der Waals surface area contributed by atoms with Gasteiger partial charge >= 0.3 is 0 Å². The molecule has 2 aromatic rings. The minimum Gasteiger partial charge on any atom is -0.493 e. The molecular weight excluding hydrogens is 288 g/mol. The van der Waals surface area contributed by atoms with E-state index in [9.17, 15) is 4.79 Å². The summed E-state index contributed by atoms with van der Waals surface area (Å²) >= 11 is 2.63. The summed E-state index contributed by atoms with van der Waals surface area (Å²) in [5.74, 6) is 1.51. The van der Waals surface area contributed by atoms with Crippen LogP contribution in [0.25, 0.3) is 10.4 Å². The van der Waals surface area contributed by atoms with E-state index in [1.165, 1.54) is 28.2 Å². The summed E-state index contributed by atoms with van der Waals surface area (Å²) in [6.07, 6.45) is 1.03. The van der Waals surface area contributed by atoms with Crippen molar-refractivity contribution in [2.75, 3.05) is 6.61 Å². The van der Waals surface area contributed by atoms with Crippen molar-refractivity contribution in [2.24, 2.45) is 5.92 Å². The average Bonchev–Trinajstić information content (AvgIpc) is 2.70. The molecule has 0 spiro atoms. The van der Waals surface area contributed by atoms with Crippen molar-refractivity contribution in [3.05, 3.63) is 37.5 Å². The molecule has 1 aromatic carbocycles. The van der Waals surface area contributed by atoms with Crippen LogP contribution in [0.15, 0.2) is 23.0 Å². The third-order valence-corrected chi connectivity index (χ3v) is 5.28. The Bertz CT molecular complexity index is 638. The summed E-state index contributed by atoms with van der Waals surface area (Å²) in [5, 5.41) is 0. The van der Waals surface area contributed by atoms with Gasteiger partial charge in [-0.2, -0.15) is 0 Å². The highest BCUT2D eigenvalue weighted by molar-refractivity contribution is 7.29. The number of hydrogen-bond acceptors (Lipinski definition) is 4. The largest absolute Gasteiger partial charge is 0.493 e. The molecule has 1 aromatic heterocycles. The van der Waals surface area contributed by atoms with Crippen LogP contribution in [0.4, 0.5) is 0 Å². The van der Waals surface area contributed by atoms with E-state index in [1.54, 1.807) is 0 Å². The van der Waals surface area contributed by atoms with Crippen molar-refractivity contribution in [2.45, 2.75) is 34.1 Å². The smallest absolute Gasteiger partial charge is 0.288 e. The number of hydrogen-bond donors (Lipinski definition) is 0. The molecule has 1 heterocycles. The monoisotopic (exact) mass is 308 g/mol. The third kappa shape index (κ3) is 3.70. The Kier molecular flexibility index (Phi) is 5.00. The van der Waals surface area contributed by atoms with Gasteiger partial charge in [0.2, 0.25) is 0 Å². The normalized spacial score (nSPS) is 11.1. The quantitative estimate of drug-likeness (QED) is 0.787. The first kappa shape index (κ1) is 15.3. The van der Waals surface area contributed by atoms with Crippen LogP contribution < -0.4 is 8.79 Å². The molecule has 0 saturated carbocycles. The van der Waals surface area contributed by atoms with E-state index < -0.39 is 0 Å². The molecule has 0 aliphatic carbocycles. The second-order valence-electron chi connectivity index (χ2n) is 5.37. The Labute approximate surface area is 128 Å². The van der Waals surface area contributed by atoms with Crippen LogP contribution in [0.5, 0.6) is 5.75 Å². The molecule has 0 unspecified atom stereocenters. The number of ether oxygens (including phenoxy) is 1. The molecule has 0 bridgehead atoms. The first-order valence-corrected chi connectivity index (χ1v) is 8.45. The van der Waals surface area contributed by atoms with Crippen molar-refractivity contribution in [3.63, 3.8) is 0 Å². The Morgan fingerprint density at radius 2 is 1.95 bits per heavy atom. The molecule has 2 nitrogen and oxygen atoms in total. The highest BCUT2D eigenvalue weighted by Gasteiger charge is 2.13. The van der Waals surface area contributed by atoms with Crippen LogP contribution >= 0.6 is 22.7 Å². The van der Waals surface area contributed by atoms with E-state index in [0.717, 1.165) is 27.5 Å². The molecule has 20 heavy (non-hydrogen) atoms. The van der Waals surface area contributed by atoms with Crippen LogP contribution in [0.1, 0.15) is 30.7 Å². The molecule has 108 valence electrons. The lowest BCUT2D eigenvalue weighted by Gasteiger charge is -2.13. The first-order valence-electron chi connectivity index (χ1n) is 6.81. The zero-order chi connectivity index (χ0) is 14.7. The summed E-state index contributed by atoms with van der Waals surface area (Å²) in [5.41, 5.74) is 2.23. The molecule has 0 radical (unpaired) electrons. The standard InChI is InChI=1S/C16H20O2S2/c1-10(2)7-8-18-14-6-5-11(3)9-13(14)15-12(4)19-16(17)20-15/h5-6,9-10H,7-8H2,1-4H3. The van der Waals surface area contributed by atoms with E-state index in [2.05, 4.69) is 32.9 Å². The van der Waals surface area contributed by atoms with E-state index in [1.807, 2.05) is 13.0 Å².